The maximum atomic E-state index is 12.1. The average Bonchev–Trinajstić information content (AvgIpc) is 2.73. The summed E-state index contributed by atoms with van der Waals surface area (Å²) < 4.78 is 16.9. The van der Waals surface area contributed by atoms with Crippen LogP contribution >= 0.6 is 0 Å². The first-order chi connectivity index (χ1) is 11.0. The predicted octanol–water partition coefficient (Wildman–Crippen LogP) is 1.76. The molecule has 24 heavy (non-hydrogen) atoms. The molecule has 0 radical (unpaired) electrons. The van der Waals surface area contributed by atoms with E-state index in [2.05, 4.69) is 0 Å². The van der Waals surface area contributed by atoms with Gasteiger partial charge in [-0.3, -0.25) is 4.79 Å². The van der Waals surface area contributed by atoms with Crippen molar-refractivity contribution in [2.75, 3.05) is 19.1 Å². The first-order valence-electron chi connectivity index (χ1n) is 7.82. The fraction of sp³-hybridized carbons (Fsp3) is 0.529. The van der Waals surface area contributed by atoms with Gasteiger partial charge in [-0.1, -0.05) is 6.07 Å². The molecule has 0 aliphatic carbocycles. The molecule has 0 atom stereocenters. The standard InChI is InChI=1S/C17H24BNO5/c1-11(20)19(6)14-9-8-12(10-13(14)15(21)22-7)18-23-16(2,3)17(4,5)24-18/h8-10H,1-7H3. The van der Waals surface area contributed by atoms with Gasteiger partial charge in [0.1, 0.15) is 0 Å². The van der Waals surface area contributed by atoms with E-state index in [4.69, 9.17) is 14.0 Å². The number of carbonyl (C=O) groups excluding carboxylic acids is 2. The van der Waals surface area contributed by atoms with Crippen LogP contribution in [0.2, 0.25) is 0 Å². The van der Waals surface area contributed by atoms with Crippen molar-refractivity contribution in [1.29, 1.82) is 0 Å². The quantitative estimate of drug-likeness (QED) is 0.623. The minimum atomic E-state index is -0.588. The second kappa shape index (κ2) is 6.22. The fourth-order valence-corrected chi connectivity index (χ4v) is 2.41. The lowest BCUT2D eigenvalue weighted by atomic mass is 9.78. The van der Waals surface area contributed by atoms with Crippen molar-refractivity contribution in [3.05, 3.63) is 23.8 Å². The highest BCUT2D eigenvalue weighted by Crippen LogP contribution is 2.36. The predicted molar refractivity (Wildman–Crippen MR) is 92.6 cm³/mol. The molecule has 0 spiro atoms. The van der Waals surface area contributed by atoms with Gasteiger partial charge in [-0.25, -0.2) is 4.79 Å². The number of rotatable bonds is 3. The van der Waals surface area contributed by atoms with Gasteiger partial charge in [0.25, 0.3) is 0 Å². The molecule has 1 aliphatic heterocycles. The Morgan fingerprint density at radius 1 is 1.12 bits per heavy atom. The number of anilines is 1. The van der Waals surface area contributed by atoms with Crippen LogP contribution in [0.15, 0.2) is 18.2 Å². The van der Waals surface area contributed by atoms with Crippen LogP contribution in [0.1, 0.15) is 45.0 Å². The molecule has 2 rings (SSSR count). The number of hydrogen-bond acceptors (Lipinski definition) is 5. The maximum absolute atomic E-state index is 12.1. The monoisotopic (exact) mass is 333 g/mol. The Labute approximate surface area is 143 Å². The van der Waals surface area contributed by atoms with Gasteiger partial charge in [0.05, 0.1) is 29.6 Å². The lowest BCUT2D eigenvalue weighted by Crippen LogP contribution is -2.41. The Morgan fingerprint density at radius 3 is 2.12 bits per heavy atom. The first kappa shape index (κ1) is 18.5. The van der Waals surface area contributed by atoms with Crippen molar-refractivity contribution in [3.8, 4) is 0 Å². The molecule has 1 aliphatic rings. The number of ether oxygens (including phenoxy) is 1. The minimum Gasteiger partial charge on any atom is -0.465 e. The highest BCUT2D eigenvalue weighted by molar-refractivity contribution is 6.62. The number of amides is 1. The summed E-state index contributed by atoms with van der Waals surface area (Å²) in [6.07, 6.45) is 0. The van der Waals surface area contributed by atoms with Gasteiger partial charge in [-0.15, -0.1) is 0 Å². The lowest BCUT2D eigenvalue weighted by molar-refractivity contribution is -0.116. The lowest BCUT2D eigenvalue weighted by Gasteiger charge is -2.32. The molecule has 0 saturated carbocycles. The number of benzene rings is 1. The Morgan fingerprint density at radius 2 is 1.67 bits per heavy atom. The molecule has 1 heterocycles. The molecular formula is C17H24BNO5. The molecule has 1 fully saturated rings. The summed E-state index contributed by atoms with van der Waals surface area (Å²) in [4.78, 5) is 25.2. The van der Waals surface area contributed by atoms with E-state index in [0.29, 0.717) is 16.7 Å². The van der Waals surface area contributed by atoms with Gasteiger partial charge in [-0.2, -0.15) is 0 Å². The smallest absolute Gasteiger partial charge is 0.465 e. The summed E-state index contributed by atoms with van der Waals surface area (Å²) >= 11 is 0. The molecule has 1 amide bonds. The van der Waals surface area contributed by atoms with Crippen LogP contribution in [0.4, 0.5) is 5.69 Å². The maximum Gasteiger partial charge on any atom is 0.494 e. The van der Waals surface area contributed by atoms with E-state index in [1.165, 1.54) is 18.9 Å². The third-order valence-electron chi connectivity index (χ3n) is 4.79. The molecule has 1 aromatic rings. The van der Waals surface area contributed by atoms with Crippen LogP contribution in [0.3, 0.4) is 0 Å². The zero-order valence-electron chi connectivity index (χ0n) is 15.3. The van der Waals surface area contributed by atoms with E-state index in [1.54, 1.807) is 25.2 Å². The summed E-state index contributed by atoms with van der Waals surface area (Å²) in [6, 6.07) is 5.15. The van der Waals surface area contributed by atoms with Gasteiger partial charge >= 0.3 is 13.1 Å². The molecule has 0 unspecified atom stereocenters. The van der Waals surface area contributed by atoms with Crippen LogP contribution in [-0.4, -0.2) is 44.4 Å². The highest BCUT2D eigenvalue weighted by Gasteiger charge is 2.51. The normalized spacial score (nSPS) is 18.4. The summed E-state index contributed by atoms with van der Waals surface area (Å²) in [5, 5.41) is 0. The van der Waals surface area contributed by atoms with E-state index in [1.807, 2.05) is 27.7 Å². The third kappa shape index (κ3) is 3.19. The Bertz CT molecular complexity index is 655. The van der Waals surface area contributed by atoms with Gasteiger partial charge in [0.15, 0.2) is 0 Å². The Kier molecular flexibility index (Phi) is 4.79. The zero-order valence-corrected chi connectivity index (χ0v) is 15.3. The van der Waals surface area contributed by atoms with E-state index >= 15 is 0 Å². The second-order valence-electron chi connectivity index (χ2n) is 6.93. The molecule has 1 aromatic carbocycles. The van der Waals surface area contributed by atoms with Crippen LogP contribution < -0.4 is 10.4 Å². The number of methoxy groups -OCH3 is 1. The second-order valence-corrected chi connectivity index (χ2v) is 6.93. The summed E-state index contributed by atoms with van der Waals surface area (Å²) in [5.41, 5.74) is 0.530. The van der Waals surface area contributed by atoms with Crippen LogP contribution in [0, 0.1) is 0 Å². The molecule has 0 N–H and O–H groups in total. The van der Waals surface area contributed by atoms with E-state index in [-0.39, 0.29) is 5.91 Å². The minimum absolute atomic E-state index is 0.177. The molecule has 1 saturated heterocycles. The summed E-state index contributed by atoms with van der Waals surface area (Å²) in [7, 11) is 2.33. The van der Waals surface area contributed by atoms with Crippen molar-refractivity contribution in [2.24, 2.45) is 0 Å². The van der Waals surface area contributed by atoms with E-state index in [0.717, 1.165) is 0 Å². The molecule has 0 bridgehead atoms. The van der Waals surface area contributed by atoms with E-state index in [9.17, 15) is 9.59 Å². The number of carbonyl (C=O) groups is 2. The van der Waals surface area contributed by atoms with E-state index < -0.39 is 24.3 Å². The zero-order chi connectivity index (χ0) is 18.3. The molecule has 6 nitrogen and oxygen atoms in total. The van der Waals surface area contributed by atoms with Crippen LogP contribution in [0.5, 0.6) is 0 Å². The van der Waals surface area contributed by atoms with Crippen molar-refractivity contribution in [2.45, 2.75) is 45.8 Å². The van der Waals surface area contributed by atoms with Crippen molar-refractivity contribution >= 4 is 30.1 Å². The summed E-state index contributed by atoms with van der Waals surface area (Å²) in [6.45, 7) is 9.29. The van der Waals surface area contributed by atoms with Crippen molar-refractivity contribution in [3.63, 3.8) is 0 Å². The highest BCUT2D eigenvalue weighted by atomic mass is 16.7. The van der Waals surface area contributed by atoms with Crippen molar-refractivity contribution < 1.29 is 23.6 Å². The van der Waals surface area contributed by atoms with Gasteiger partial charge in [0.2, 0.25) is 5.91 Å². The molecular weight excluding hydrogens is 309 g/mol. The van der Waals surface area contributed by atoms with Gasteiger partial charge in [-0.05, 0) is 45.3 Å². The van der Waals surface area contributed by atoms with Crippen molar-refractivity contribution in [1.82, 2.24) is 0 Å². The topological polar surface area (TPSA) is 65.1 Å². The molecule has 130 valence electrons. The first-order valence-corrected chi connectivity index (χ1v) is 7.82. The van der Waals surface area contributed by atoms with Crippen LogP contribution in [0.25, 0.3) is 0 Å². The number of esters is 1. The number of nitrogens with zero attached hydrogens (tertiary/aromatic N) is 1. The molecule has 7 heteroatoms. The molecule has 0 aromatic heterocycles. The van der Waals surface area contributed by atoms with Gasteiger partial charge in [0, 0.05) is 14.0 Å². The largest absolute Gasteiger partial charge is 0.494 e. The third-order valence-corrected chi connectivity index (χ3v) is 4.79. The van der Waals surface area contributed by atoms with Gasteiger partial charge < -0.3 is 18.9 Å². The SMILES string of the molecule is COC(=O)c1cc(B2OC(C)(C)C(C)(C)O2)ccc1N(C)C(C)=O. The number of hydrogen-bond donors (Lipinski definition) is 0. The fourth-order valence-electron chi connectivity index (χ4n) is 2.41. The summed E-state index contributed by atoms with van der Waals surface area (Å²) in [5.74, 6) is -0.694. The Hall–Kier alpha value is -1.86. The average molecular weight is 333 g/mol. The van der Waals surface area contributed by atoms with Crippen LogP contribution in [-0.2, 0) is 18.8 Å². The Balaban J connectivity index is 2.44.